The van der Waals surface area contributed by atoms with Crippen molar-refractivity contribution in [1.29, 1.82) is 0 Å². The van der Waals surface area contributed by atoms with Crippen molar-refractivity contribution in [2.45, 2.75) is 37.9 Å². The van der Waals surface area contributed by atoms with Crippen LogP contribution in [0.25, 0.3) is 11.4 Å². The second-order valence-corrected chi connectivity index (χ2v) is 6.91. The fraction of sp³-hybridized carbons (Fsp3) is 0.529. The van der Waals surface area contributed by atoms with E-state index in [2.05, 4.69) is 26.6 Å². The highest BCUT2D eigenvalue weighted by molar-refractivity contribution is 7.99. The van der Waals surface area contributed by atoms with Gasteiger partial charge < -0.3 is 14.6 Å². The Morgan fingerprint density at radius 2 is 1.83 bits per heavy atom. The summed E-state index contributed by atoms with van der Waals surface area (Å²) in [5, 5.41) is 19.1. The molecular formula is C17H24N4OS. The summed E-state index contributed by atoms with van der Waals surface area (Å²) >= 11 is 1.78. The minimum Gasteiger partial charge on any atom is -0.508 e. The first-order chi connectivity index (χ1) is 11.3. The lowest BCUT2D eigenvalue weighted by molar-refractivity contribution is 0.242. The number of phenolic OH excluding ortho intramolecular Hbond substituents is 1. The highest BCUT2D eigenvalue weighted by Crippen LogP contribution is 2.25. The lowest BCUT2D eigenvalue weighted by Gasteiger charge is -2.25. The summed E-state index contributed by atoms with van der Waals surface area (Å²) in [4.78, 5) is 2.55. The van der Waals surface area contributed by atoms with E-state index >= 15 is 0 Å². The molecule has 0 bridgehead atoms. The summed E-state index contributed by atoms with van der Waals surface area (Å²) in [6, 6.07) is 7.14. The maximum Gasteiger partial charge on any atom is 0.191 e. The molecule has 0 atom stereocenters. The van der Waals surface area contributed by atoms with Crippen molar-refractivity contribution in [2.24, 2.45) is 0 Å². The molecule has 0 saturated carbocycles. The summed E-state index contributed by atoms with van der Waals surface area (Å²) in [5.41, 5.74) is 0.986. The number of nitrogens with zero attached hydrogens (tertiary/aromatic N) is 4. The SMILES string of the molecule is CCn1c(SCCN2CCCCC2)nnc1-c1ccc(O)cc1. The first-order valence-electron chi connectivity index (χ1n) is 8.35. The average molecular weight is 332 g/mol. The van der Waals surface area contributed by atoms with Gasteiger partial charge in [0.2, 0.25) is 0 Å². The highest BCUT2D eigenvalue weighted by atomic mass is 32.2. The fourth-order valence-corrected chi connectivity index (χ4v) is 3.96. The topological polar surface area (TPSA) is 54.2 Å². The summed E-state index contributed by atoms with van der Waals surface area (Å²) in [6.07, 6.45) is 4.05. The van der Waals surface area contributed by atoms with E-state index < -0.39 is 0 Å². The third kappa shape index (κ3) is 4.06. The number of hydrogen-bond acceptors (Lipinski definition) is 5. The standard InChI is InChI=1S/C17H24N4OS/c1-2-21-16(14-6-8-15(22)9-7-14)18-19-17(21)23-13-12-20-10-4-3-5-11-20/h6-9,22H,2-5,10-13H2,1H3. The molecule has 2 heterocycles. The molecule has 124 valence electrons. The van der Waals surface area contributed by atoms with E-state index in [9.17, 15) is 5.11 Å². The van der Waals surface area contributed by atoms with Crippen LogP contribution in [0.15, 0.2) is 29.4 Å². The van der Waals surface area contributed by atoms with E-state index in [1.54, 1.807) is 23.9 Å². The van der Waals surface area contributed by atoms with Crippen molar-refractivity contribution in [3.8, 4) is 17.1 Å². The van der Waals surface area contributed by atoms with Gasteiger partial charge >= 0.3 is 0 Å². The van der Waals surface area contributed by atoms with E-state index in [-0.39, 0.29) is 5.75 Å². The van der Waals surface area contributed by atoms with Crippen molar-refractivity contribution in [2.75, 3.05) is 25.4 Å². The Morgan fingerprint density at radius 3 is 2.52 bits per heavy atom. The van der Waals surface area contributed by atoms with Gasteiger partial charge in [0, 0.05) is 24.4 Å². The Kier molecular flexibility index (Phi) is 5.56. The Labute approximate surface area is 141 Å². The highest BCUT2D eigenvalue weighted by Gasteiger charge is 2.14. The Morgan fingerprint density at radius 1 is 1.09 bits per heavy atom. The summed E-state index contributed by atoms with van der Waals surface area (Å²) in [5.74, 6) is 2.19. The number of aromatic hydroxyl groups is 1. The second-order valence-electron chi connectivity index (χ2n) is 5.85. The van der Waals surface area contributed by atoms with Crippen molar-refractivity contribution < 1.29 is 5.11 Å². The summed E-state index contributed by atoms with van der Waals surface area (Å²) in [6.45, 7) is 6.55. The predicted molar refractivity (Wildman–Crippen MR) is 93.8 cm³/mol. The van der Waals surface area contributed by atoms with Gasteiger partial charge in [-0.2, -0.15) is 0 Å². The van der Waals surface area contributed by atoms with Crippen LogP contribution in [0.4, 0.5) is 0 Å². The summed E-state index contributed by atoms with van der Waals surface area (Å²) < 4.78 is 2.15. The van der Waals surface area contributed by atoms with Gasteiger partial charge in [0.25, 0.3) is 0 Å². The number of likely N-dealkylation sites (tertiary alicyclic amines) is 1. The zero-order valence-corrected chi connectivity index (χ0v) is 14.4. The van der Waals surface area contributed by atoms with Gasteiger partial charge in [0.05, 0.1) is 0 Å². The molecule has 1 saturated heterocycles. The van der Waals surface area contributed by atoms with Gasteiger partial charge in [-0.1, -0.05) is 18.2 Å². The molecule has 0 aliphatic carbocycles. The first kappa shape index (κ1) is 16.3. The number of aromatic nitrogens is 3. The quantitative estimate of drug-likeness (QED) is 0.823. The van der Waals surface area contributed by atoms with E-state index in [0.717, 1.165) is 35.4 Å². The van der Waals surface area contributed by atoms with Crippen LogP contribution in [0.3, 0.4) is 0 Å². The molecule has 0 radical (unpaired) electrons. The maximum atomic E-state index is 9.42. The minimum absolute atomic E-state index is 0.271. The molecule has 3 rings (SSSR count). The molecular weight excluding hydrogens is 308 g/mol. The number of thioether (sulfide) groups is 1. The van der Waals surface area contributed by atoms with Crippen molar-refractivity contribution in [1.82, 2.24) is 19.7 Å². The normalized spacial score (nSPS) is 15.9. The van der Waals surface area contributed by atoms with Gasteiger partial charge in [-0.05, 0) is 57.1 Å². The lowest BCUT2D eigenvalue weighted by Crippen LogP contribution is -2.31. The van der Waals surface area contributed by atoms with Crippen LogP contribution in [0.5, 0.6) is 5.75 Å². The average Bonchev–Trinajstić information content (AvgIpc) is 2.99. The second kappa shape index (κ2) is 7.84. The zero-order valence-electron chi connectivity index (χ0n) is 13.6. The van der Waals surface area contributed by atoms with Crippen LogP contribution < -0.4 is 0 Å². The molecule has 5 nitrogen and oxygen atoms in total. The first-order valence-corrected chi connectivity index (χ1v) is 9.34. The molecule has 1 aliphatic heterocycles. The van der Waals surface area contributed by atoms with Crippen molar-refractivity contribution >= 4 is 11.8 Å². The molecule has 0 amide bonds. The third-order valence-corrected chi connectivity index (χ3v) is 5.19. The van der Waals surface area contributed by atoms with E-state index in [1.165, 1.54) is 32.4 Å². The largest absolute Gasteiger partial charge is 0.508 e. The monoisotopic (exact) mass is 332 g/mol. The number of benzene rings is 1. The van der Waals surface area contributed by atoms with Crippen LogP contribution in [-0.2, 0) is 6.54 Å². The molecule has 2 aromatic rings. The number of hydrogen-bond donors (Lipinski definition) is 1. The van der Waals surface area contributed by atoms with Crippen LogP contribution in [-0.4, -0.2) is 50.2 Å². The summed E-state index contributed by atoms with van der Waals surface area (Å²) in [7, 11) is 0. The third-order valence-electron chi connectivity index (χ3n) is 4.25. The molecule has 1 fully saturated rings. The molecule has 23 heavy (non-hydrogen) atoms. The van der Waals surface area contributed by atoms with Gasteiger partial charge in [-0.25, -0.2) is 0 Å². The molecule has 1 aromatic heterocycles. The van der Waals surface area contributed by atoms with E-state index in [1.807, 2.05) is 12.1 Å². The molecule has 1 aliphatic rings. The lowest BCUT2D eigenvalue weighted by atomic mass is 10.1. The molecule has 1 N–H and O–H groups in total. The Hall–Kier alpha value is -1.53. The predicted octanol–water partition coefficient (Wildman–Crippen LogP) is 3.25. The van der Waals surface area contributed by atoms with Gasteiger partial charge in [-0.15, -0.1) is 10.2 Å². The van der Waals surface area contributed by atoms with Crippen LogP contribution in [0, 0.1) is 0 Å². The Bertz CT molecular complexity index is 620. The Balaban J connectivity index is 1.64. The van der Waals surface area contributed by atoms with Crippen LogP contribution in [0.1, 0.15) is 26.2 Å². The van der Waals surface area contributed by atoms with Gasteiger partial charge in [0.1, 0.15) is 5.75 Å². The van der Waals surface area contributed by atoms with Crippen LogP contribution >= 0.6 is 11.8 Å². The molecule has 0 spiro atoms. The molecule has 0 unspecified atom stereocenters. The van der Waals surface area contributed by atoms with Crippen LogP contribution in [0.2, 0.25) is 0 Å². The van der Waals surface area contributed by atoms with E-state index in [4.69, 9.17) is 0 Å². The number of piperidine rings is 1. The smallest absolute Gasteiger partial charge is 0.191 e. The van der Waals surface area contributed by atoms with Crippen molar-refractivity contribution in [3.05, 3.63) is 24.3 Å². The molecule has 1 aromatic carbocycles. The van der Waals surface area contributed by atoms with E-state index in [0.29, 0.717) is 0 Å². The maximum absolute atomic E-state index is 9.42. The van der Waals surface area contributed by atoms with Crippen molar-refractivity contribution in [3.63, 3.8) is 0 Å². The minimum atomic E-state index is 0.271. The number of rotatable bonds is 6. The zero-order chi connectivity index (χ0) is 16.1. The van der Waals surface area contributed by atoms with Gasteiger partial charge in [-0.3, -0.25) is 0 Å². The molecule has 6 heteroatoms. The van der Waals surface area contributed by atoms with Gasteiger partial charge in [0.15, 0.2) is 11.0 Å². The number of phenols is 1. The fourth-order valence-electron chi connectivity index (χ4n) is 2.95.